The number of benzene rings is 2. The molecular weight excluding hydrogens is 444 g/mol. The van der Waals surface area contributed by atoms with Crippen molar-refractivity contribution in [2.45, 2.75) is 49.8 Å². The maximum absolute atomic E-state index is 12.7. The van der Waals surface area contributed by atoms with Crippen LogP contribution in [0, 0.1) is 0 Å². The lowest BCUT2D eigenvalue weighted by atomic mass is 10.1. The summed E-state index contributed by atoms with van der Waals surface area (Å²) in [6, 6.07) is 15.7. The van der Waals surface area contributed by atoms with E-state index in [1.165, 1.54) is 11.1 Å². The summed E-state index contributed by atoms with van der Waals surface area (Å²) in [7, 11) is 0. The third-order valence-electron chi connectivity index (χ3n) is 7.39. The molecule has 4 aliphatic rings. The lowest BCUT2D eigenvalue weighted by Crippen LogP contribution is -2.40. The predicted molar refractivity (Wildman–Crippen MR) is 128 cm³/mol. The zero-order valence-electron chi connectivity index (χ0n) is 18.9. The van der Waals surface area contributed by atoms with Crippen LogP contribution >= 0.6 is 0 Å². The Hall–Kier alpha value is -4.07. The Balaban J connectivity index is 1.03. The Morgan fingerprint density at radius 1 is 1.06 bits per heavy atom. The second-order valence-corrected chi connectivity index (χ2v) is 9.53. The van der Waals surface area contributed by atoms with Gasteiger partial charge in [0.1, 0.15) is 29.2 Å². The minimum atomic E-state index is -0.158. The fourth-order valence-electron chi connectivity index (χ4n) is 5.61. The van der Waals surface area contributed by atoms with Crippen LogP contribution < -0.4 is 25.4 Å². The monoisotopic (exact) mass is 468 g/mol. The second-order valence-electron chi connectivity index (χ2n) is 9.53. The van der Waals surface area contributed by atoms with Crippen molar-refractivity contribution >= 4 is 17.8 Å². The van der Waals surface area contributed by atoms with Gasteiger partial charge in [0.15, 0.2) is 0 Å². The molecule has 0 unspecified atom stereocenters. The molecule has 1 fully saturated rings. The molecule has 176 valence electrons. The highest BCUT2D eigenvalue weighted by Crippen LogP contribution is 2.54. The number of amides is 3. The van der Waals surface area contributed by atoms with Gasteiger partial charge < -0.3 is 25.4 Å². The molecule has 1 saturated carbocycles. The van der Waals surface area contributed by atoms with E-state index in [9.17, 15) is 9.59 Å². The summed E-state index contributed by atoms with van der Waals surface area (Å²) in [6.45, 7) is 0. The molecule has 4 atom stereocenters. The minimum Gasteiger partial charge on any atom is -0.487 e. The average Bonchev–Trinajstić information content (AvgIpc) is 3.18. The highest BCUT2D eigenvalue weighted by atomic mass is 16.5. The van der Waals surface area contributed by atoms with E-state index < -0.39 is 0 Å². The van der Waals surface area contributed by atoms with E-state index in [0.29, 0.717) is 30.2 Å². The zero-order valence-corrected chi connectivity index (χ0v) is 18.9. The molecule has 3 amide bonds. The molecule has 0 radical (unpaired) electrons. The number of rotatable bonds is 4. The van der Waals surface area contributed by atoms with Crippen LogP contribution in [0.3, 0.4) is 0 Å². The van der Waals surface area contributed by atoms with E-state index in [-0.39, 0.29) is 36.0 Å². The number of nitrogens with zero attached hydrogens (tertiary/aromatic N) is 1. The first-order valence-corrected chi connectivity index (χ1v) is 12.0. The van der Waals surface area contributed by atoms with E-state index in [1.807, 2.05) is 36.4 Å². The molecule has 8 nitrogen and oxygen atoms in total. The molecule has 0 spiro atoms. The Kier molecular flexibility index (Phi) is 4.49. The van der Waals surface area contributed by atoms with Gasteiger partial charge in [-0.05, 0) is 54.7 Å². The van der Waals surface area contributed by atoms with Gasteiger partial charge in [0.05, 0.1) is 18.0 Å². The number of carbonyl (C=O) groups excluding carboxylic acids is 2. The lowest BCUT2D eigenvalue weighted by Gasteiger charge is -2.19. The molecule has 3 heterocycles. The van der Waals surface area contributed by atoms with Crippen LogP contribution in [-0.4, -0.2) is 29.1 Å². The highest BCUT2D eigenvalue weighted by molar-refractivity contribution is 5.93. The molecule has 2 aliphatic heterocycles. The summed E-state index contributed by atoms with van der Waals surface area (Å²) in [5.41, 5.74) is 4.46. The van der Waals surface area contributed by atoms with Gasteiger partial charge in [-0.2, -0.15) is 0 Å². The van der Waals surface area contributed by atoms with Gasteiger partial charge in [0.25, 0.3) is 0 Å². The third-order valence-corrected chi connectivity index (χ3v) is 7.39. The first-order chi connectivity index (χ1) is 17.1. The number of hydrogen-bond donors (Lipinski definition) is 3. The lowest BCUT2D eigenvalue weighted by molar-refractivity contribution is -0.116. The van der Waals surface area contributed by atoms with Crippen molar-refractivity contribution in [2.24, 2.45) is 0 Å². The number of carbonyl (C=O) groups is 2. The Morgan fingerprint density at radius 2 is 1.97 bits per heavy atom. The molecule has 35 heavy (non-hydrogen) atoms. The van der Waals surface area contributed by atoms with Crippen molar-refractivity contribution in [3.63, 3.8) is 0 Å². The van der Waals surface area contributed by atoms with Crippen molar-refractivity contribution < 1.29 is 19.1 Å². The van der Waals surface area contributed by atoms with Crippen molar-refractivity contribution in [2.75, 3.05) is 5.32 Å². The maximum Gasteiger partial charge on any atom is 0.315 e. The Morgan fingerprint density at radius 3 is 2.91 bits per heavy atom. The zero-order chi connectivity index (χ0) is 23.5. The number of anilines is 1. The number of pyridine rings is 1. The maximum atomic E-state index is 12.7. The van der Waals surface area contributed by atoms with Gasteiger partial charge in [0.2, 0.25) is 5.91 Å². The van der Waals surface area contributed by atoms with E-state index in [0.717, 1.165) is 29.7 Å². The highest BCUT2D eigenvalue weighted by Gasteiger charge is 2.59. The molecule has 3 aromatic rings. The summed E-state index contributed by atoms with van der Waals surface area (Å²) in [6.07, 6.45) is 4.50. The van der Waals surface area contributed by atoms with Crippen LogP contribution in [-0.2, 0) is 17.6 Å². The average molecular weight is 469 g/mol. The normalized spacial score (nSPS) is 24.7. The van der Waals surface area contributed by atoms with Crippen LogP contribution in [0.4, 0.5) is 10.6 Å². The van der Waals surface area contributed by atoms with Crippen LogP contribution in [0.1, 0.15) is 47.1 Å². The van der Waals surface area contributed by atoms with Crippen LogP contribution in [0.25, 0.3) is 0 Å². The first kappa shape index (κ1) is 20.3. The summed E-state index contributed by atoms with van der Waals surface area (Å²) >= 11 is 0. The first-order valence-electron chi connectivity index (χ1n) is 12.0. The predicted octanol–water partition coefficient (Wildman–Crippen LogP) is 3.97. The van der Waals surface area contributed by atoms with Crippen molar-refractivity contribution in [3.05, 3.63) is 77.0 Å². The van der Waals surface area contributed by atoms with E-state index in [1.54, 1.807) is 6.20 Å². The number of hydrogen-bond acceptors (Lipinski definition) is 5. The standard InChI is InChI=1S/C27H24N4O4/c32-22-10-7-17-21(11-12-28-26(17)30-22)34-15-6-9-20-18(13-15)23-24(25(23)35-20)31-27(33)29-19-8-5-14-3-1-2-4-16(14)19/h1-4,6,9,11-13,19,23-25H,5,7-8,10H2,(H,28,30,32)(H2,29,31,33)/t19-,23+,24+,25+/m1/s1. The van der Waals surface area contributed by atoms with Crippen LogP contribution in [0.15, 0.2) is 54.7 Å². The molecule has 7 rings (SSSR count). The summed E-state index contributed by atoms with van der Waals surface area (Å²) in [5, 5.41) is 9.03. The molecule has 0 saturated heterocycles. The van der Waals surface area contributed by atoms with Crippen molar-refractivity contribution in [3.8, 4) is 17.2 Å². The van der Waals surface area contributed by atoms with Crippen LogP contribution in [0.5, 0.6) is 17.2 Å². The summed E-state index contributed by atoms with van der Waals surface area (Å²) in [5.74, 6) is 2.85. The van der Waals surface area contributed by atoms with E-state index in [2.05, 4.69) is 33.1 Å². The SMILES string of the molecule is O=C1CCc2c(Oc3ccc4c(c3)[C@H]3[C@H](NC(=O)N[C@@H]5CCc6ccccc65)[C@H]3O4)ccnc2N1. The van der Waals surface area contributed by atoms with Gasteiger partial charge in [-0.15, -0.1) is 0 Å². The number of aromatic nitrogens is 1. The van der Waals surface area contributed by atoms with Gasteiger partial charge in [0, 0.05) is 23.7 Å². The molecule has 3 N–H and O–H groups in total. The van der Waals surface area contributed by atoms with Crippen LogP contribution in [0.2, 0.25) is 0 Å². The van der Waals surface area contributed by atoms with Gasteiger partial charge >= 0.3 is 6.03 Å². The Labute approximate surface area is 202 Å². The number of urea groups is 1. The number of nitrogens with one attached hydrogen (secondary N) is 3. The smallest absolute Gasteiger partial charge is 0.315 e. The molecule has 1 aromatic heterocycles. The fraction of sp³-hybridized carbons (Fsp3) is 0.296. The fourth-order valence-corrected chi connectivity index (χ4v) is 5.61. The summed E-state index contributed by atoms with van der Waals surface area (Å²) in [4.78, 5) is 28.7. The minimum absolute atomic E-state index is 0.0312. The van der Waals surface area contributed by atoms with Gasteiger partial charge in [-0.1, -0.05) is 24.3 Å². The molecule has 0 bridgehead atoms. The quantitative estimate of drug-likeness (QED) is 0.538. The van der Waals surface area contributed by atoms with E-state index in [4.69, 9.17) is 9.47 Å². The Bertz CT molecular complexity index is 1370. The van der Waals surface area contributed by atoms with E-state index >= 15 is 0 Å². The molecule has 8 heteroatoms. The summed E-state index contributed by atoms with van der Waals surface area (Å²) < 4.78 is 12.3. The largest absolute Gasteiger partial charge is 0.487 e. The topological polar surface area (TPSA) is 102 Å². The second kappa shape index (κ2) is 7.73. The molecule has 2 aliphatic carbocycles. The van der Waals surface area contributed by atoms with Crippen molar-refractivity contribution in [1.82, 2.24) is 15.6 Å². The number of ether oxygens (including phenoxy) is 2. The molecule has 2 aromatic carbocycles. The van der Waals surface area contributed by atoms with Gasteiger partial charge in [-0.3, -0.25) is 4.79 Å². The number of fused-ring (bicyclic) bond motifs is 5. The number of aryl methyl sites for hydroxylation is 1. The molecular formula is C27H24N4O4. The van der Waals surface area contributed by atoms with Crippen molar-refractivity contribution in [1.29, 1.82) is 0 Å². The van der Waals surface area contributed by atoms with Gasteiger partial charge in [-0.25, -0.2) is 9.78 Å². The third kappa shape index (κ3) is 3.48.